The molecule has 0 saturated carbocycles. The molecule has 1 rings (SSSR count). The monoisotopic (exact) mass is 391 g/mol. The van der Waals surface area contributed by atoms with Gasteiger partial charge in [-0.1, -0.05) is 13.8 Å². The van der Waals surface area contributed by atoms with Gasteiger partial charge < -0.3 is 10.6 Å². The highest BCUT2D eigenvalue weighted by molar-refractivity contribution is 14.1. The number of nitrogens with one attached hydrogen (secondary N) is 2. The Kier molecular flexibility index (Phi) is 6.69. The summed E-state index contributed by atoms with van der Waals surface area (Å²) >= 11 is 2.02. The Balaban J connectivity index is 2.50. The van der Waals surface area contributed by atoms with Crippen molar-refractivity contribution in [2.45, 2.75) is 20.3 Å². The summed E-state index contributed by atoms with van der Waals surface area (Å²) in [5, 5.41) is 16.7. The number of carbonyl (C=O) groups is 1. The van der Waals surface area contributed by atoms with E-state index in [1.54, 1.807) is 12.1 Å². The van der Waals surface area contributed by atoms with E-state index in [9.17, 15) is 14.9 Å². The quantitative estimate of drug-likeness (QED) is 0.425. The third kappa shape index (κ3) is 5.72. The highest BCUT2D eigenvalue weighted by Crippen LogP contribution is 2.26. The van der Waals surface area contributed by atoms with E-state index in [1.165, 1.54) is 6.07 Å². The largest absolute Gasteiger partial charge is 0.379 e. The summed E-state index contributed by atoms with van der Waals surface area (Å²) in [6.45, 7) is 5.05. The first-order chi connectivity index (χ1) is 9.40. The van der Waals surface area contributed by atoms with Gasteiger partial charge in [0.05, 0.1) is 4.92 Å². The van der Waals surface area contributed by atoms with E-state index in [0.717, 1.165) is 3.57 Å². The van der Waals surface area contributed by atoms with Crippen LogP contribution in [-0.2, 0) is 4.79 Å². The van der Waals surface area contributed by atoms with Crippen molar-refractivity contribution in [2.75, 3.05) is 18.4 Å². The Morgan fingerprint density at radius 3 is 2.75 bits per heavy atom. The van der Waals surface area contributed by atoms with Crippen LogP contribution in [0, 0.1) is 19.6 Å². The Morgan fingerprint density at radius 2 is 2.15 bits per heavy atom. The molecule has 0 atom stereocenters. The van der Waals surface area contributed by atoms with Gasteiger partial charge in [-0.05, 0) is 40.6 Å². The van der Waals surface area contributed by atoms with Crippen LogP contribution < -0.4 is 10.6 Å². The first-order valence-electron chi connectivity index (χ1n) is 6.34. The number of benzene rings is 1. The summed E-state index contributed by atoms with van der Waals surface area (Å²) < 4.78 is 0.800. The summed E-state index contributed by atoms with van der Waals surface area (Å²) in [5.41, 5.74) is 0.464. The van der Waals surface area contributed by atoms with Crippen LogP contribution in [0.3, 0.4) is 0 Å². The van der Waals surface area contributed by atoms with Gasteiger partial charge in [0, 0.05) is 29.1 Å². The second-order valence-corrected chi connectivity index (χ2v) is 6.04. The summed E-state index contributed by atoms with van der Waals surface area (Å²) in [4.78, 5) is 22.0. The van der Waals surface area contributed by atoms with Crippen LogP contribution in [0.5, 0.6) is 0 Å². The Labute approximate surface area is 131 Å². The molecule has 0 bridgehead atoms. The first-order valence-corrected chi connectivity index (χ1v) is 7.42. The number of amides is 1. The van der Waals surface area contributed by atoms with Gasteiger partial charge in [0.25, 0.3) is 5.69 Å². The van der Waals surface area contributed by atoms with E-state index in [-0.39, 0.29) is 18.0 Å². The zero-order valence-electron chi connectivity index (χ0n) is 11.5. The Bertz CT molecular complexity index is 492. The highest BCUT2D eigenvalue weighted by atomic mass is 127. The van der Waals surface area contributed by atoms with Crippen molar-refractivity contribution < 1.29 is 9.72 Å². The standard InChI is InChI=1S/C13H18IN3O3/c1-9(2)8-16-13(18)5-6-15-11-4-3-10(14)7-12(11)17(19)20/h3-4,7,9,15H,5-6,8H2,1-2H3,(H,16,18). The van der Waals surface area contributed by atoms with Crippen molar-refractivity contribution in [2.24, 2.45) is 5.92 Å². The average molecular weight is 391 g/mol. The van der Waals surface area contributed by atoms with Crippen LogP contribution in [0.2, 0.25) is 0 Å². The van der Waals surface area contributed by atoms with Crippen LogP contribution in [0.4, 0.5) is 11.4 Å². The van der Waals surface area contributed by atoms with Crippen LogP contribution in [0.1, 0.15) is 20.3 Å². The summed E-state index contributed by atoms with van der Waals surface area (Å²) in [7, 11) is 0. The number of nitrogens with zero attached hydrogens (tertiary/aromatic N) is 1. The predicted molar refractivity (Wildman–Crippen MR) is 86.8 cm³/mol. The van der Waals surface area contributed by atoms with Crippen LogP contribution in [-0.4, -0.2) is 23.9 Å². The number of hydrogen-bond donors (Lipinski definition) is 2. The van der Waals surface area contributed by atoms with Crippen molar-refractivity contribution in [1.82, 2.24) is 5.32 Å². The van der Waals surface area contributed by atoms with Crippen molar-refractivity contribution in [3.63, 3.8) is 0 Å². The third-order valence-electron chi connectivity index (χ3n) is 2.53. The maximum Gasteiger partial charge on any atom is 0.293 e. The van der Waals surface area contributed by atoms with Gasteiger partial charge in [-0.15, -0.1) is 0 Å². The summed E-state index contributed by atoms with van der Waals surface area (Å²) in [6, 6.07) is 4.95. The number of carbonyl (C=O) groups excluding carboxylic acids is 1. The first kappa shape index (κ1) is 16.7. The molecule has 0 unspecified atom stereocenters. The molecule has 110 valence electrons. The van der Waals surface area contributed by atoms with Gasteiger partial charge in [-0.25, -0.2) is 0 Å². The molecule has 1 amide bonds. The molecule has 1 aromatic rings. The van der Waals surface area contributed by atoms with Gasteiger partial charge in [0.1, 0.15) is 5.69 Å². The maximum absolute atomic E-state index is 11.5. The molecule has 0 aromatic heterocycles. The zero-order valence-corrected chi connectivity index (χ0v) is 13.6. The van der Waals surface area contributed by atoms with Gasteiger partial charge >= 0.3 is 0 Å². The summed E-state index contributed by atoms with van der Waals surface area (Å²) in [6.07, 6.45) is 0.288. The number of nitro benzene ring substituents is 1. The van der Waals surface area contributed by atoms with Gasteiger partial charge in [0.2, 0.25) is 5.91 Å². The van der Waals surface area contributed by atoms with E-state index in [2.05, 4.69) is 10.6 Å². The molecule has 20 heavy (non-hydrogen) atoms. The molecule has 0 fully saturated rings. The Morgan fingerprint density at radius 1 is 1.45 bits per heavy atom. The normalized spacial score (nSPS) is 10.4. The minimum atomic E-state index is -0.427. The molecular weight excluding hydrogens is 373 g/mol. The number of hydrogen-bond acceptors (Lipinski definition) is 4. The molecule has 0 saturated heterocycles. The van der Waals surface area contributed by atoms with Crippen molar-refractivity contribution in [3.05, 3.63) is 31.9 Å². The van der Waals surface area contributed by atoms with E-state index >= 15 is 0 Å². The third-order valence-corrected chi connectivity index (χ3v) is 3.20. The molecule has 0 aliphatic heterocycles. The molecule has 0 aliphatic carbocycles. The molecule has 0 heterocycles. The van der Waals surface area contributed by atoms with Gasteiger partial charge in [-0.2, -0.15) is 0 Å². The van der Waals surface area contributed by atoms with Crippen LogP contribution >= 0.6 is 22.6 Å². The van der Waals surface area contributed by atoms with Crippen LogP contribution in [0.25, 0.3) is 0 Å². The van der Waals surface area contributed by atoms with E-state index < -0.39 is 4.92 Å². The molecule has 0 aliphatic rings. The fraction of sp³-hybridized carbons (Fsp3) is 0.462. The van der Waals surface area contributed by atoms with E-state index in [1.807, 2.05) is 36.4 Å². The fourth-order valence-corrected chi connectivity index (χ4v) is 2.00. The topological polar surface area (TPSA) is 84.3 Å². The maximum atomic E-state index is 11.5. The molecular formula is C13H18IN3O3. The molecule has 6 nitrogen and oxygen atoms in total. The lowest BCUT2D eigenvalue weighted by Crippen LogP contribution is -2.28. The minimum Gasteiger partial charge on any atom is -0.379 e. The molecule has 0 spiro atoms. The molecule has 0 radical (unpaired) electrons. The second-order valence-electron chi connectivity index (χ2n) is 4.79. The predicted octanol–water partition coefficient (Wildman–Crippen LogP) is 2.77. The Hall–Kier alpha value is -1.38. The fourth-order valence-electron chi connectivity index (χ4n) is 1.52. The van der Waals surface area contributed by atoms with Gasteiger partial charge in [-0.3, -0.25) is 14.9 Å². The second kappa shape index (κ2) is 8.03. The molecule has 1 aromatic carbocycles. The number of nitro groups is 1. The van der Waals surface area contributed by atoms with Crippen LogP contribution in [0.15, 0.2) is 18.2 Å². The van der Waals surface area contributed by atoms with Crippen molar-refractivity contribution in [1.29, 1.82) is 0 Å². The average Bonchev–Trinajstić information content (AvgIpc) is 2.37. The smallest absolute Gasteiger partial charge is 0.293 e. The minimum absolute atomic E-state index is 0.0273. The number of anilines is 1. The number of halogens is 1. The molecule has 2 N–H and O–H groups in total. The van der Waals surface area contributed by atoms with E-state index in [0.29, 0.717) is 24.7 Å². The SMILES string of the molecule is CC(C)CNC(=O)CCNc1ccc(I)cc1[N+](=O)[O-]. The van der Waals surface area contributed by atoms with Crippen molar-refractivity contribution in [3.8, 4) is 0 Å². The lowest BCUT2D eigenvalue weighted by Gasteiger charge is -2.09. The highest BCUT2D eigenvalue weighted by Gasteiger charge is 2.13. The zero-order chi connectivity index (χ0) is 15.1. The summed E-state index contributed by atoms with van der Waals surface area (Å²) in [5.74, 6) is 0.351. The lowest BCUT2D eigenvalue weighted by molar-refractivity contribution is -0.384. The molecule has 7 heteroatoms. The van der Waals surface area contributed by atoms with Gasteiger partial charge in [0.15, 0.2) is 0 Å². The van der Waals surface area contributed by atoms with E-state index in [4.69, 9.17) is 0 Å². The number of rotatable bonds is 7. The van der Waals surface area contributed by atoms with Crippen molar-refractivity contribution >= 4 is 39.9 Å². The lowest BCUT2D eigenvalue weighted by atomic mass is 10.2.